The number of hydrogen-bond donors (Lipinski definition) is 1. The Morgan fingerprint density at radius 2 is 1.80 bits per heavy atom. The molecule has 0 amide bonds. The highest BCUT2D eigenvalue weighted by Gasteiger charge is 2.44. The van der Waals surface area contributed by atoms with Gasteiger partial charge < -0.3 is 14.8 Å². The Kier molecular flexibility index (Phi) is 5.85. The van der Waals surface area contributed by atoms with E-state index in [0.717, 1.165) is 51.7 Å². The lowest BCUT2D eigenvalue weighted by Crippen LogP contribution is -2.60. The third-order valence-corrected chi connectivity index (χ3v) is 8.49. The minimum Gasteiger partial charge on any atom is -0.508 e. The zero-order valence-corrected chi connectivity index (χ0v) is 20.3. The number of likely N-dealkylation sites (tertiary alicyclic amines) is 1. The number of rotatable bonds is 5. The quantitative estimate of drug-likeness (QED) is 0.601. The van der Waals surface area contributed by atoms with E-state index >= 15 is 0 Å². The van der Waals surface area contributed by atoms with Crippen LogP contribution in [0, 0.1) is 5.41 Å². The molecule has 180 valence electrons. The second-order valence-electron chi connectivity index (χ2n) is 10.7. The van der Waals surface area contributed by atoms with Crippen molar-refractivity contribution in [1.29, 1.82) is 0 Å². The second-order valence-corrected chi connectivity index (χ2v) is 10.7. The summed E-state index contributed by atoms with van der Waals surface area (Å²) in [5.74, 6) is 0.529. The topological polar surface area (TPSA) is 43.8 Å². The Bertz CT molecular complexity index is 1190. The molecule has 4 heteroatoms. The second kappa shape index (κ2) is 9.16. The van der Waals surface area contributed by atoms with Crippen molar-refractivity contribution < 1.29 is 9.90 Å². The summed E-state index contributed by atoms with van der Waals surface area (Å²) in [5, 5.41) is 10.1. The summed E-state index contributed by atoms with van der Waals surface area (Å²) in [4.78, 5) is 15.6. The highest BCUT2D eigenvalue weighted by Crippen LogP contribution is 2.44. The van der Waals surface area contributed by atoms with Crippen LogP contribution in [0.5, 0.6) is 5.75 Å². The number of anilines is 1. The molecule has 1 spiro atoms. The molecule has 2 fully saturated rings. The average Bonchev–Trinajstić information content (AvgIpc) is 2.88. The molecular weight excluding hydrogens is 432 g/mol. The third kappa shape index (κ3) is 4.25. The summed E-state index contributed by atoms with van der Waals surface area (Å²) in [5.41, 5.74) is 8.29. The van der Waals surface area contributed by atoms with E-state index in [1.54, 1.807) is 0 Å². The van der Waals surface area contributed by atoms with Gasteiger partial charge in [0, 0.05) is 37.8 Å². The Morgan fingerprint density at radius 3 is 2.51 bits per heavy atom. The van der Waals surface area contributed by atoms with E-state index in [1.165, 1.54) is 46.4 Å². The number of phenolic OH excluding ortho intramolecular Hbond substituents is 1. The van der Waals surface area contributed by atoms with Crippen LogP contribution in [0.4, 0.5) is 5.69 Å². The molecule has 2 aliphatic heterocycles. The fourth-order valence-corrected chi connectivity index (χ4v) is 6.60. The van der Waals surface area contributed by atoms with Gasteiger partial charge in [-0.25, -0.2) is 0 Å². The van der Waals surface area contributed by atoms with Gasteiger partial charge in [-0.3, -0.25) is 4.90 Å². The molecule has 1 N–H and O–H groups in total. The molecule has 0 saturated carbocycles. The highest BCUT2D eigenvalue weighted by atomic mass is 16.3. The van der Waals surface area contributed by atoms with Crippen molar-refractivity contribution in [3.8, 4) is 5.75 Å². The molecule has 6 rings (SSSR count). The van der Waals surface area contributed by atoms with Crippen molar-refractivity contribution in [3.05, 3.63) is 94.6 Å². The zero-order chi connectivity index (χ0) is 23.8. The van der Waals surface area contributed by atoms with E-state index < -0.39 is 0 Å². The monoisotopic (exact) mass is 466 g/mol. The number of hydrogen-bond acceptors (Lipinski definition) is 4. The fraction of sp³-hybridized carbons (Fsp3) is 0.387. The number of phenols is 1. The number of carbonyl (C=O) groups is 1. The van der Waals surface area contributed by atoms with Gasteiger partial charge in [-0.1, -0.05) is 42.5 Å². The molecule has 35 heavy (non-hydrogen) atoms. The number of aldehydes is 1. The first-order valence-electron chi connectivity index (χ1n) is 13.0. The maximum Gasteiger partial charge on any atom is 0.133 e. The first-order valence-corrected chi connectivity index (χ1v) is 13.0. The summed E-state index contributed by atoms with van der Waals surface area (Å²) < 4.78 is 0. The average molecular weight is 467 g/mol. The lowest BCUT2D eigenvalue weighted by molar-refractivity contribution is -0.112. The van der Waals surface area contributed by atoms with E-state index in [1.807, 2.05) is 12.1 Å². The maximum absolute atomic E-state index is 10.8. The van der Waals surface area contributed by atoms with Crippen molar-refractivity contribution >= 4 is 12.0 Å². The predicted molar refractivity (Wildman–Crippen MR) is 141 cm³/mol. The van der Waals surface area contributed by atoms with Gasteiger partial charge in [-0.15, -0.1) is 0 Å². The molecule has 2 heterocycles. The highest BCUT2D eigenvalue weighted by molar-refractivity contribution is 5.60. The first kappa shape index (κ1) is 22.4. The molecule has 0 bridgehead atoms. The number of allylic oxidation sites excluding steroid dienone is 6. The van der Waals surface area contributed by atoms with Crippen LogP contribution in [0.1, 0.15) is 48.3 Å². The zero-order valence-electron chi connectivity index (χ0n) is 20.3. The summed E-state index contributed by atoms with van der Waals surface area (Å²) in [6, 6.07) is 15.1. The van der Waals surface area contributed by atoms with E-state index in [0.29, 0.717) is 17.7 Å². The van der Waals surface area contributed by atoms with Crippen LogP contribution in [-0.2, 0) is 11.2 Å². The van der Waals surface area contributed by atoms with Crippen LogP contribution >= 0.6 is 0 Å². The molecular formula is C31H34N2O2. The van der Waals surface area contributed by atoms with Gasteiger partial charge in [-0.05, 0) is 89.6 Å². The Balaban J connectivity index is 1.22. The molecule has 2 aromatic rings. The van der Waals surface area contributed by atoms with E-state index in [4.69, 9.17) is 0 Å². The number of aromatic hydroxyl groups is 1. The van der Waals surface area contributed by atoms with Gasteiger partial charge >= 0.3 is 0 Å². The van der Waals surface area contributed by atoms with Gasteiger partial charge in [0.25, 0.3) is 0 Å². The summed E-state index contributed by atoms with van der Waals surface area (Å²) in [6.07, 6.45) is 15.8. The van der Waals surface area contributed by atoms with Crippen LogP contribution < -0.4 is 4.90 Å². The van der Waals surface area contributed by atoms with Crippen molar-refractivity contribution in [3.63, 3.8) is 0 Å². The van der Waals surface area contributed by atoms with Gasteiger partial charge in [0.15, 0.2) is 0 Å². The minimum absolute atomic E-state index is 0.186. The largest absolute Gasteiger partial charge is 0.508 e. The van der Waals surface area contributed by atoms with Gasteiger partial charge in [0.1, 0.15) is 12.0 Å². The third-order valence-electron chi connectivity index (χ3n) is 8.49. The minimum atomic E-state index is 0.186. The molecule has 2 aliphatic carbocycles. The van der Waals surface area contributed by atoms with Crippen LogP contribution in [0.3, 0.4) is 0 Å². The number of nitrogens with zero attached hydrogens (tertiary/aromatic N) is 2. The number of fused-ring (bicyclic) bond motifs is 1. The SMILES string of the molecule is O=CCN1CC2(CCN(c3ccc([C@H]4C(C5=CCCC=C5)=CCc5cc(O)ccc54)cc3)CC2)C1. The van der Waals surface area contributed by atoms with Crippen LogP contribution in [0.2, 0.25) is 0 Å². The maximum atomic E-state index is 10.8. The van der Waals surface area contributed by atoms with E-state index in [2.05, 4.69) is 64.4 Å². The smallest absolute Gasteiger partial charge is 0.133 e. The number of piperidine rings is 1. The van der Waals surface area contributed by atoms with Crippen LogP contribution in [0.25, 0.3) is 0 Å². The molecule has 0 radical (unpaired) electrons. The van der Waals surface area contributed by atoms with Crippen molar-refractivity contribution in [1.82, 2.24) is 4.90 Å². The fourth-order valence-electron chi connectivity index (χ4n) is 6.60. The predicted octanol–water partition coefficient (Wildman–Crippen LogP) is 5.38. The van der Waals surface area contributed by atoms with Crippen molar-refractivity contribution in [2.75, 3.05) is 37.6 Å². The van der Waals surface area contributed by atoms with Gasteiger partial charge in [0.05, 0.1) is 6.54 Å². The lowest BCUT2D eigenvalue weighted by atomic mass is 9.72. The first-order chi connectivity index (χ1) is 17.1. The van der Waals surface area contributed by atoms with E-state index in [9.17, 15) is 9.90 Å². The standard InChI is InChI=1S/C31H34N2O2/c34-19-18-32-21-31(22-32)14-16-33(17-15-31)26-9-6-24(7-10-26)30-28(23-4-2-1-3-5-23)12-8-25-20-27(35)11-13-29(25)30/h2,4-7,9-13,19-20,30,35H,1,3,8,14-18,21-22H2/t30-/m0/s1. The van der Waals surface area contributed by atoms with Crippen molar-refractivity contribution in [2.24, 2.45) is 5.41 Å². The number of carbonyl (C=O) groups excluding carboxylic acids is 1. The summed E-state index contributed by atoms with van der Waals surface area (Å²) in [6.45, 7) is 4.91. The normalized spacial score (nSPS) is 23.3. The molecule has 1 atom stereocenters. The molecule has 4 nitrogen and oxygen atoms in total. The van der Waals surface area contributed by atoms with Crippen LogP contribution in [-0.4, -0.2) is 49.0 Å². The summed E-state index contributed by atoms with van der Waals surface area (Å²) in [7, 11) is 0. The van der Waals surface area contributed by atoms with Crippen LogP contribution in [0.15, 0.2) is 77.9 Å². The number of benzene rings is 2. The summed E-state index contributed by atoms with van der Waals surface area (Å²) >= 11 is 0. The molecule has 0 aromatic heterocycles. The molecule has 0 unspecified atom stereocenters. The molecule has 4 aliphatic rings. The Hall–Kier alpha value is -3.11. The van der Waals surface area contributed by atoms with E-state index in [-0.39, 0.29) is 5.92 Å². The Labute approximate surface area is 208 Å². The van der Waals surface area contributed by atoms with Gasteiger partial charge in [0.2, 0.25) is 0 Å². The van der Waals surface area contributed by atoms with Gasteiger partial charge in [-0.2, -0.15) is 0 Å². The molecule has 2 aromatic carbocycles. The lowest BCUT2D eigenvalue weighted by Gasteiger charge is -2.54. The Morgan fingerprint density at radius 1 is 1.00 bits per heavy atom. The molecule has 2 saturated heterocycles. The van der Waals surface area contributed by atoms with Crippen molar-refractivity contribution in [2.45, 2.75) is 38.0 Å².